The Kier molecular flexibility index (Phi) is 6.23. The number of rotatable bonds is 5. The number of phenolic OH excluding ortho intramolecular Hbond substituents is 1. The minimum Gasteiger partial charge on any atom is -0.503 e. The van der Waals surface area contributed by atoms with E-state index in [1.807, 2.05) is 0 Å². The SMILES string of the molecule is CCOC(=O)CCNC(=O)Nc1cc(Br)cc(F)c1O. The van der Waals surface area contributed by atoms with Crippen molar-refractivity contribution in [3.8, 4) is 5.75 Å². The maximum atomic E-state index is 13.2. The van der Waals surface area contributed by atoms with E-state index in [4.69, 9.17) is 0 Å². The number of anilines is 1. The molecule has 0 unspecified atom stereocenters. The second-order valence-electron chi connectivity index (χ2n) is 3.72. The molecule has 1 rings (SSSR count). The van der Waals surface area contributed by atoms with Crippen LogP contribution in [0, 0.1) is 5.82 Å². The largest absolute Gasteiger partial charge is 0.503 e. The van der Waals surface area contributed by atoms with E-state index in [0.29, 0.717) is 4.47 Å². The predicted molar refractivity (Wildman–Crippen MR) is 74.0 cm³/mol. The molecule has 0 fully saturated rings. The first-order chi connectivity index (χ1) is 9.43. The van der Waals surface area contributed by atoms with Crippen LogP contribution >= 0.6 is 15.9 Å². The smallest absolute Gasteiger partial charge is 0.319 e. The van der Waals surface area contributed by atoms with Crippen LogP contribution in [0.25, 0.3) is 0 Å². The number of phenols is 1. The van der Waals surface area contributed by atoms with Crippen molar-refractivity contribution >= 4 is 33.6 Å². The number of hydrogen-bond acceptors (Lipinski definition) is 4. The summed E-state index contributed by atoms with van der Waals surface area (Å²) in [5.41, 5.74) is -0.0782. The van der Waals surface area contributed by atoms with Crippen molar-refractivity contribution in [1.82, 2.24) is 5.32 Å². The van der Waals surface area contributed by atoms with Crippen molar-refractivity contribution in [2.45, 2.75) is 13.3 Å². The molecule has 0 aliphatic heterocycles. The molecule has 2 amide bonds. The molecule has 0 atom stereocenters. The lowest BCUT2D eigenvalue weighted by Crippen LogP contribution is -2.31. The van der Waals surface area contributed by atoms with E-state index in [1.54, 1.807) is 6.92 Å². The van der Waals surface area contributed by atoms with Crippen LogP contribution in [-0.4, -0.2) is 30.3 Å². The summed E-state index contributed by atoms with van der Waals surface area (Å²) in [4.78, 5) is 22.5. The maximum absolute atomic E-state index is 13.2. The third kappa shape index (κ3) is 5.04. The Labute approximate surface area is 123 Å². The molecule has 0 bridgehead atoms. The third-order valence-electron chi connectivity index (χ3n) is 2.20. The lowest BCUT2D eigenvalue weighted by molar-refractivity contribution is -0.142. The summed E-state index contributed by atoms with van der Waals surface area (Å²) in [5, 5.41) is 14.1. The van der Waals surface area contributed by atoms with Crippen molar-refractivity contribution in [2.75, 3.05) is 18.5 Å². The Morgan fingerprint density at radius 3 is 2.80 bits per heavy atom. The first-order valence-electron chi connectivity index (χ1n) is 5.82. The second kappa shape index (κ2) is 7.68. The van der Waals surface area contributed by atoms with Crippen LogP contribution < -0.4 is 10.6 Å². The minimum absolute atomic E-state index is 0.0279. The maximum Gasteiger partial charge on any atom is 0.319 e. The normalized spacial score (nSPS) is 9.95. The van der Waals surface area contributed by atoms with E-state index in [0.717, 1.165) is 6.07 Å². The highest BCUT2D eigenvalue weighted by molar-refractivity contribution is 9.10. The molecule has 8 heteroatoms. The molecule has 0 aromatic heterocycles. The summed E-state index contributed by atoms with van der Waals surface area (Å²) in [5.74, 6) is -1.95. The van der Waals surface area contributed by atoms with Crippen molar-refractivity contribution in [1.29, 1.82) is 0 Å². The highest BCUT2D eigenvalue weighted by Gasteiger charge is 2.12. The molecule has 3 N–H and O–H groups in total. The highest BCUT2D eigenvalue weighted by Crippen LogP contribution is 2.30. The number of benzene rings is 1. The van der Waals surface area contributed by atoms with Crippen LogP contribution in [0.2, 0.25) is 0 Å². The fourth-order valence-electron chi connectivity index (χ4n) is 1.34. The Morgan fingerprint density at radius 1 is 1.45 bits per heavy atom. The number of carbonyl (C=O) groups is 2. The molecule has 0 heterocycles. The molecule has 0 saturated carbocycles. The number of carbonyl (C=O) groups excluding carboxylic acids is 2. The van der Waals surface area contributed by atoms with Crippen LogP contribution in [0.5, 0.6) is 5.75 Å². The number of aromatic hydroxyl groups is 1. The fourth-order valence-corrected chi connectivity index (χ4v) is 1.77. The van der Waals surface area contributed by atoms with E-state index in [2.05, 4.69) is 31.3 Å². The van der Waals surface area contributed by atoms with Gasteiger partial charge in [0, 0.05) is 11.0 Å². The van der Waals surface area contributed by atoms with Gasteiger partial charge >= 0.3 is 12.0 Å². The van der Waals surface area contributed by atoms with Gasteiger partial charge in [-0.05, 0) is 19.1 Å². The van der Waals surface area contributed by atoms with E-state index in [9.17, 15) is 19.1 Å². The molecule has 1 aromatic rings. The van der Waals surface area contributed by atoms with Crippen LogP contribution in [0.1, 0.15) is 13.3 Å². The minimum atomic E-state index is -0.860. The summed E-state index contributed by atoms with van der Waals surface area (Å²) in [6.45, 7) is 2.03. The van der Waals surface area contributed by atoms with Gasteiger partial charge in [-0.3, -0.25) is 4.79 Å². The van der Waals surface area contributed by atoms with Gasteiger partial charge in [0.1, 0.15) is 0 Å². The standard InChI is InChI=1S/C12H14BrFN2O4/c1-2-20-10(17)3-4-15-12(19)16-9-6-7(13)5-8(14)11(9)18/h5-6,18H,2-4H2,1H3,(H2,15,16,19). The first-order valence-corrected chi connectivity index (χ1v) is 6.61. The van der Waals surface area contributed by atoms with Crippen molar-refractivity contribution in [3.63, 3.8) is 0 Å². The highest BCUT2D eigenvalue weighted by atomic mass is 79.9. The Morgan fingerprint density at radius 2 is 2.15 bits per heavy atom. The zero-order chi connectivity index (χ0) is 15.1. The van der Waals surface area contributed by atoms with Crippen LogP contribution in [-0.2, 0) is 9.53 Å². The van der Waals surface area contributed by atoms with Gasteiger partial charge in [-0.1, -0.05) is 15.9 Å². The average molecular weight is 349 g/mol. The molecule has 1 aromatic carbocycles. The lowest BCUT2D eigenvalue weighted by atomic mass is 10.3. The number of esters is 1. The van der Waals surface area contributed by atoms with E-state index < -0.39 is 23.6 Å². The van der Waals surface area contributed by atoms with E-state index in [1.165, 1.54) is 6.07 Å². The van der Waals surface area contributed by atoms with Gasteiger partial charge in [0.2, 0.25) is 0 Å². The zero-order valence-electron chi connectivity index (χ0n) is 10.7. The van der Waals surface area contributed by atoms with Gasteiger partial charge in [-0.25, -0.2) is 9.18 Å². The monoisotopic (exact) mass is 348 g/mol. The molecule has 0 saturated heterocycles. The Bertz CT molecular complexity index is 510. The van der Waals surface area contributed by atoms with Crippen LogP contribution in [0.3, 0.4) is 0 Å². The number of urea groups is 1. The number of amides is 2. The molecular weight excluding hydrogens is 335 g/mol. The van der Waals surface area contributed by atoms with Gasteiger partial charge in [0.15, 0.2) is 11.6 Å². The number of hydrogen-bond donors (Lipinski definition) is 3. The second-order valence-corrected chi connectivity index (χ2v) is 4.64. The fraction of sp³-hybridized carbons (Fsp3) is 0.333. The molecule has 0 aliphatic rings. The Hall–Kier alpha value is -1.83. The summed E-state index contributed by atoms with van der Waals surface area (Å²) in [6.07, 6.45) is 0.0279. The van der Waals surface area contributed by atoms with Gasteiger partial charge in [-0.2, -0.15) is 0 Å². The van der Waals surface area contributed by atoms with Gasteiger partial charge in [0.05, 0.1) is 18.7 Å². The molecular formula is C12H14BrFN2O4. The van der Waals surface area contributed by atoms with Crippen molar-refractivity contribution in [3.05, 3.63) is 22.4 Å². The topological polar surface area (TPSA) is 87.7 Å². The molecule has 6 nitrogen and oxygen atoms in total. The number of halogens is 2. The summed E-state index contributed by atoms with van der Waals surface area (Å²) in [6, 6.07) is 1.75. The summed E-state index contributed by atoms with van der Waals surface area (Å²) in [7, 11) is 0. The Balaban J connectivity index is 2.49. The zero-order valence-corrected chi connectivity index (χ0v) is 12.3. The first kappa shape index (κ1) is 16.2. The predicted octanol–water partition coefficient (Wildman–Crippen LogP) is 2.37. The van der Waals surface area contributed by atoms with E-state index in [-0.39, 0.29) is 25.3 Å². The summed E-state index contributed by atoms with van der Waals surface area (Å²) < 4.78 is 18.3. The van der Waals surface area contributed by atoms with Gasteiger partial charge < -0.3 is 20.5 Å². The van der Waals surface area contributed by atoms with Crippen LogP contribution in [0.4, 0.5) is 14.9 Å². The van der Waals surface area contributed by atoms with Crippen molar-refractivity contribution < 1.29 is 23.8 Å². The van der Waals surface area contributed by atoms with Crippen LogP contribution in [0.15, 0.2) is 16.6 Å². The molecule has 110 valence electrons. The molecule has 0 spiro atoms. The molecule has 20 heavy (non-hydrogen) atoms. The third-order valence-corrected chi connectivity index (χ3v) is 2.65. The van der Waals surface area contributed by atoms with Gasteiger partial charge in [-0.15, -0.1) is 0 Å². The molecule has 0 radical (unpaired) electrons. The summed E-state index contributed by atoms with van der Waals surface area (Å²) >= 11 is 3.04. The average Bonchev–Trinajstić information content (AvgIpc) is 2.35. The lowest BCUT2D eigenvalue weighted by Gasteiger charge is -2.09. The van der Waals surface area contributed by atoms with Gasteiger partial charge in [0.25, 0.3) is 0 Å². The number of nitrogens with one attached hydrogen (secondary N) is 2. The quantitative estimate of drug-likeness (QED) is 0.563. The van der Waals surface area contributed by atoms with E-state index >= 15 is 0 Å². The number of ether oxygens (including phenoxy) is 1. The molecule has 0 aliphatic carbocycles. The van der Waals surface area contributed by atoms with Crippen molar-refractivity contribution in [2.24, 2.45) is 0 Å².